The van der Waals surface area contributed by atoms with Gasteiger partial charge in [0.2, 0.25) is 0 Å². The molecule has 0 bridgehead atoms. The second kappa shape index (κ2) is 5.25. The standard InChI is InChI=1S/C12H17N3S2/c1-7-5-14-11(16-7)6-13-8(2)12-9(3)15-10(4)17-12/h5,8,13H,6H2,1-4H3. The van der Waals surface area contributed by atoms with Gasteiger partial charge in [-0.05, 0) is 27.7 Å². The molecule has 1 atom stereocenters. The fourth-order valence-electron chi connectivity index (χ4n) is 1.77. The van der Waals surface area contributed by atoms with E-state index in [2.05, 4.69) is 43.0 Å². The molecule has 0 amide bonds. The van der Waals surface area contributed by atoms with Gasteiger partial charge in [-0.2, -0.15) is 0 Å². The van der Waals surface area contributed by atoms with Gasteiger partial charge in [-0.15, -0.1) is 22.7 Å². The highest BCUT2D eigenvalue weighted by atomic mass is 32.1. The number of hydrogen-bond donors (Lipinski definition) is 1. The molecule has 2 aromatic rings. The van der Waals surface area contributed by atoms with E-state index < -0.39 is 0 Å². The van der Waals surface area contributed by atoms with Crippen molar-refractivity contribution in [1.29, 1.82) is 0 Å². The number of rotatable bonds is 4. The SMILES string of the molecule is Cc1cnc(CNC(C)c2sc(C)nc2C)s1. The van der Waals surface area contributed by atoms with Gasteiger partial charge in [-0.3, -0.25) is 0 Å². The topological polar surface area (TPSA) is 37.8 Å². The summed E-state index contributed by atoms with van der Waals surface area (Å²) in [5, 5.41) is 5.78. The molecule has 92 valence electrons. The van der Waals surface area contributed by atoms with E-state index in [0.717, 1.165) is 22.3 Å². The first-order valence-electron chi connectivity index (χ1n) is 5.65. The fraction of sp³-hybridized carbons (Fsp3) is 0.500. The normalized spacial score (nSPS) is 12.9. The first-order valence-corrected chi connectivity index (χ1v) is 7.28. The maximum absolute atomic E-state index is 4.46. The first-order chi connectivity index (χ1) is 8.06. The Morgan fingerprint density at radius 2 is 2.06 bits per heavy atom. The van der Waals surface area contributed by atoms with Crippen LogP contribution in [0.3, 0.4) is 0 Å². The molecular weight excluding hydrogens is 250 g/mol. The quantitative estimate of drug-likeness (QED) is 0.923. The smallest absolute Gasteiger partial charge is 0.107 e. The predicted octanol–water partition coefficient (Wildman–Crippen LogP) is 3.38. The van der Waals surface area contributed by atoms with E-state index >= 15 is 0 Å². The molecule has 2 aromatic heterocycles. The molecule has 3 nitrogen and oxygen atoms in total. The van der Waals surface area contributed by atoms with Gasteiger partial charge in [0.25, 0.3) is 0 Å². The Labute approximate surface area is 110 Å². The Bertz CT molecular complexity index is 502. The molecular formula is C12H17N3S2. The van der Waals surface area contributed by atoms with Crippen molar-refractivity contribution in [3.8, 4) is 0 Å². The van der Waals surface area contributed by atoms with E-state index in [1.807, 2.05) is 6.20 Å². The second-order valence-electron chi connectivity index (χ2n) is 4.15. The lowest BCUT2D eigenvalue weighted by molar-refractivity contribution is 0.578. The van der Waals surface area contributed by atoms with E-state index in [0.29, 0.717) is 6.04 Å². The second-order valence-corrected chi connectivity index (χ2v) is 6.70. The average molecular weight is 267 g/mol. The van der Waals surface area contributed by atoms with Gasteiger partial charge < -0.3 is 5.32 Å². The van der Waals surface area contributed by atoms with E-state index in [4.69, 9.17) is 0 Å². The summed E-state index contributed by atoms with van der Waals surface area (Å²) < 4.78 is 0. The van der Waals surface area contributed by atoms with Crippen LogP contribution in [-0.4, -0.2) is 9.97 Å². The lowest BCUT2D eigenvalue weighted by Gasteiger charge is -2.11. The van der Waals surface area contributed by atoms with Crippen molar-refractivity contribution in [3.63, 3.8) is 0 Å². The van der Waals surface area contributed by atoms with Crippen molar-refractivity contribution in [3.05, 3.63) is 31.7 Å². The summed E-state index contributed by atoms with van der Waals surface area (Å²) in [5.74, 6) is 0. The monoisotopic (exact) mass is 267 g/mol. The number of nitrogens with one attached hydrogen (secondary N) is 1. The van der Waals surface area contributed by atoms with Crippen LogP contribution in [0.4, 0.5) is 0 Å². The third-order valence-corrected chi connectivity index (χ3v) is 4.73. The minimum Gasteiger partial charge on any atom is -0.303 e. The molecule has 17 heavy (non-hydrogen) atoms. The summed E-state index contributed by atoms with van der Waals surface area (Å²) in [4.78, 5) is 11.4. The molecule has 0 aliphatic heterocycles. The van der Waals surface area contributed by atoms with Gasteiger partial charge in [0, 0.05) is 28.5 Å². The minimum absolute atomic E-state index is 0.338. The van der Waals surface area contributed by atoms with Crippen molar-refractivity contribution >= 4 is 22.7 Å². The molecule has 2 rings (SSSR count). The number of nitrogens with zero attached hydrogens (tertiary/aromatic N) is 2. The van der Waals surface area contributed by atoms with Crippen LogP contribution < -0.4 is 5.32 Å². The van der Waals surface area contributed by atoms with Crippen molar-refractivity contribution < 1.29 is 0 Å². The summed E-state index contributed by atoms with van der Waals surface area (Å²) in [6.45, 7) is 9.22. The summed E-state index contributed by atoms with van der Waals surface area (Å²) in [5.41, 5.74) is 1.14. The van der Waals surface area contributed by atoms with E-state index in [1.54, 1.807) is 22.7 Å². The highest BCUT2D eigenvalue weighted by Gasteiger charge is 2.12. The highest BCUT2D eigenvalue weighted by Crippen LogP contribution is 2.24. The van der Waals surface area contributed by atoms with Crippen LogP contribution in [0.2, 0.25) is 0 Å². The summed E-state index contributed by atoms with van der Waals surface area (Å²) in [6, 6.07) is 0.338. The summed E-state index contributed by atoms with van der Waals surface area (Å²) >= 11 is 3.52. The summed E-state index contributed by atoms with van der Waals surface area (Å²) in [6.07, 6.45) is 1.93. The molecule has 0 radical (unpaired) electrons. The predicted molar refractivity (Wildman–Crippen MR) is 73.7 cm³/mol. The molecule has 0 fully saturated rings. The molecule has 0 saturated heterocycles. The number of hydrogen-bond acceptors (Lipinski definition) is 5. The zero-order chi connectivity index (χ0) is 12.4. The van der Waals surface area contributed by atoms with Gasteiger partial charge in [0.05, 0.1) is 10.7 Å². The molecule has 0 aliphatic carbocycles. The molecule has 0 aromatic carbocycles. The van der Waals surface area contributed by atoms with E-state index in [1.165, 1.54) is 9.75 Å². The van der Waals surface area contributed by atoms with Crippen LogP contribution in [0.15, 0.2) is 6.20 Å². The molecule has 0 saturated carbocycles. The Morgan fingerprint density at radius 3 is 2.59 bits per heavy atom. The third kappa shape index (κ3) is 3.12. The van der Waals surface area contributed by atoms with E-state index in [-0.39, 0.29) is 0 Å². The number of thiazole rings is 2. The minimum atomic E-state index is 0.338. The first kappa shape index (κ1) is 12.7. The Hall–Kier alpha value is -0.780. The molecule has 1 unspecified atom stereocenters. The Kier molecular flexibility index (Phi) is 3.91. The Balaban J connectivity index is 1.97. The van der Waals surface area contributed by atoms with Crippen molar-refractivity contribution in [1.82, 2.24) is 15.3 Å². The van der Waals surface area contributed by atoms with E-state index in [9.17, 15) is 0 Å². The zero-order valence-corrected chi connectivity index (χ0v) is 12.2. The van der Waals surface area contributed by atoms with Crippen LogP contribution in [-0.2, 0) is 6.54 Å². The molecule has 2 heterocycles. The van der Waals surface area contributed by atoms with Gasteiger partial charge >= 0.3 is 0 Å². The maximum Gasteiger partial charge on any atom is 0.107 e. The maximum atomic E-state index is 4.46. The van der Waals surface area contributed by atoms with Crippen LogP contribution in [0, 0.1) is 20.8 Å². The molecule has 0 aliphatic rings. The zero-order valence-electron chi connectivity index (χ0n) is 10.6. The highest BCUT2D eigenvalue weighted by molar-refractivity contribution is 7.12. The van der Waals surface area contributed by atoms with Crippen molar-refractivity contribution in [2.75, 3.05) is 0 Å². The van der Waals surface area contributed by atoms with Gasteiger partial charge in [0.15, 0.2) is 0 Å². The summed E-state index contributed by atoms with van der Waals surface area (Å²) in [7, 11) is 0. The average Bonchev–Trinajstić information content (AvgIpc) is 2.81. The van der Waals surface area contributed by atoms with Gasteiger partial charge in [0.1, 0.15) is 5.01 Å². The van der Waals surface area contributed by atoms with Crippen LogP contribution >= 0.6 is 22.7 Å². The largest absolute Gasteiger partial charge is 0.303 e. The third-order valence-electron chi connectivity index (χ3n) is 2.56. The van der Waals surface area contributed by atoms with Crippen LogP contribution in [0.5, 0.6) is 0 Å². The van der Waals surface area contributed by atoms with Crippen LogP contribution in [0.25, 0.3) is 0 Å². The lowest BCUT2D eigenvalue weighted by Crippen LogP contribution is -2.17. The van der Waals surface area contributed by atoms with Crippen LogP contribution in [0.1, 0.15) is 38.4 Å². The lowest BCUT2D eigenvalue weighted by atomic mass is 10.2. The van der Waals surface area contributed by atoms with Gasteiger partial charge in [-0.1, -0.05) is 0 Å². The molecule has 1 N–H and O–H groups in total. The fourth-order valence-corrected chi connectivity index (χ4v) is 3.46. The number of aryl methyl sites for hydroxylation is 3. The van der Waals surface area contributed by atoms with Crippen molar-refractivity contribution in [2.45, 2.75) is 40.3 Å². The Morgan fingerprint density at radius 1 is 1.29 bits per heavy atom. The molecule has 5 heteroatoms. The molecule has 0 spiro atoms. The number of aromatic nitrogens is 2. The van der Waals surface area contributed by atoms with Crippen molar-refractivity contribution in [2.24, 2.45) is 0 Å². The van der Waals surface area contributed by atoms with Gasteiger partial charge in [-0.25, -0.2) is 9.97 Å².